The first kappa shape index (κ1) is 25.2. The van der Waals surface area contributed by atoms with Crippen LogP contribution in [0.1, 0.15) is 53.4 Å². The first-order valence-corrected chi connectivity index (χ1v) is 13.2. The SMILES string of the molecule is CC(=O)O[C@@H]1[C][C@@]2(O)[C@H](C)CC[C@@H]([C@H](C)CN3CCC(N4CCN(C)CC4)CC3)[C@H]2C=C1C. The van der Waals surface area contributed by atoms with E-state index in [1.807, 2.05) is 6.92 Å². The molecule has 0 aromatic rings. The van der Waals surface area contributed by atoms with Gasteiger partial charge in [0.1, 0.15) is 6.10 Å². The van der Waals surface area contributed by atoms with Crippen molar-refractivity contribution < 1.29 is 14.6 Å². The molecular weight excluding hydrogens is 414 g/mol. The second kappa shape index (κ2) is 10.3. The summed E-state index contributed by atoms with van der Waals surface area (Å²) in [7, 11) is 2.23. The van der Waals surface area contributed by atoms with Crippen molar-refractivity contribution in [2.45, 2.75) is 71.1 Å². The molecule has 33 heavy (non-hydrogen) atoms. The molecule has 0 amide bonds. The summed E-state index contributed by atoms with van der Waals surface area (Å²) in [5.41, 5.74) is -0.0234. The van der Waals surface area contributed by atoms with Gasteiger partial charge in [-0.3, -0.25) is 9.69 Å². The number of piperazine rings is 1. The summed E-state index contributed by atoms with van der Waals surface area (Å²) in [6.07, 6.45) is 9.65. The van der Waals surface area contributed by atoms with E-state index in [4.69, 9.17) is 4.74 Å². The molecule has 186 valence electrons. The maximum absolute atomic E-state index is 11.7. The van der Waals surface area contributed by atoms with E-state index in [0.29, 0.717) is 11.8 Å². The molecule has 2 saturated heterocycles. The number of piperidine rings is 1. The van der Waals surface area contributed by atoms with Crippen LogP contribution in [-0.2, 0) is 9.53 Å². The maximum atomic E-state index is 11.7. The number of nitrogens with zero attached hydrogens (tertiary/aromatic N) is 3. The second-order valence-electron chi connectivity index (χ2n) is 11.4. The molecule has 0 bridgehead atoms. The van der Waals surface area contributed by atoms with Gasteiger partial charge in [-0.25, -0.2) is 0 Å². The molecule has 3 fully saturated rings. The van der Waals surface area contributed by atoms with Gasteiger partial charge in [-0.2, -0.15) is 0 Å². The molecule has 1 saturated carbocycles. The molecule has 2 heterocycles. The molecule has 2 aliphatic carbocycles. The molecule has 0 aromatic heterocycles. The first-order valence-electron chi connectivity index (χ1n) is 13.2. The Morgan fingerprint density at radius 2 is 1.85 bits per heavy atom. The van der Waals surface area contributed by atoms with Gasteiger partial charge < -0.3 is 19.6 Å². The van der Waals surface area contributed by atoms with Crippen molar-refractivity contribution in [2.75, 3.05) is 52.9 Å². The Morgan fingerprint density at radius 1 is 1.18 bits per heavy atom. The predicted molar refractivity (Wildman–Crippen MR) is 131 cm³/mol. The van der Waals surface area contributed by atoms with Crippen LogP contribution in [0.3, 0.4) is 0 Å². The van der Waals surface area contributed by atoms with Crippen LogP contribution in [0.15, 0.2) is 11.6 Å². The minimum absolute atomic E-state index is 0.0472. The van der Waals surface area contributed by atoms with Gasteiger partial charge in [0.25, 0.3) is 0 Å². The van der Waals surface area contributed by atoms with Gasteiger partial charge in [-0.05, 0) is 76.1 Å². The van der Waals surface area contributed by atoms with Gasteiger partial charge >= 0.3 is 5.97 Å². The fourth-order valence-electron chi connectivity index (χ4n) is 6.80. The maximum Gasteiger partial charge on any atom is 0.303 e. The van der Waals surface area contributed by atoms with Crippen molar-refractivity contribution in [3.63, 3.8) is 0 Å². The average Bonchev–Trinajstić information content (AvgIpc) is 2.77. The average molecular weight is 460 g/mol. The number of hydrogen-bond acceptors (Lipinski definition) is 6. The van der Waals surface area contributed by atoms with Crippen LogP contribution in [0.5, 0.6) is 0 Å². The van der Waals surface area contributed by atoms with Gasteiger partial charge in [-0.1, -0.05) is 19.9 Å². The van der Waals surface area contributed by atoms with E-state index in [1.165, 1.54) is 59.0 Å². The van der Waals surface area contributed by atoms with E-state index in [9.17, 15) is 9.90 Å². The van der Waals surface area contributed by atoms with Gasteiger partial charge in [0, 0.05) is 51.6 Å². The molecule has 2 aliphatic heterocycles. The number of carbonyl (C=O) groups is 1. The van der Waals surface area contributed by atoms with E-state index >= 15 is 0 Å². The molecule has 0 spiro atoms. The molecule has 6 nitrogen and oxygen atoms in total. The number of rotatable bonds is 5. The van der Waals surface area contributed by atoms with E-state index in [2.05, 4.69) is 48.1 Å². The molecule has 0 aromatic carbocycles. The zero-order valence-electron chi connectivity index (χ0n) is 21.4. The summed E-state index contributed by atoms with van der Waals surface area (Å²) < 4.78 is 5.46. The largest absolute Gasteiger partial charge is 0.457 e. The zero-order chi connectivity index (χ0) is 23.8. The molecule has 1 N–H and O–H groups in total. The second-order valence-corrected chi connectivity index (χ2v) is 11.4. The van der Waals surface area contributed by atoms with E-state index in [1.54, 1.807) is 0 Å². The van der Waals surface area contributed by atoms with Crippen molar-refractivity contribution in [1.29, 1.82) is 0 Å². The number of hydrogen-bond donors (Lipinski definition) is 1. The highest BCUT2D eigenvalue weighted by molar-refractivity contribution is 5.66. The van der Waals surface area contributed by atoms with Crippen molar-refractivity contribution >= 4 is 5.97 Å². The van der Waals surface area contributed by atoms with Crippen molar-refractivity contribution in [2.24, 2.45) is 23.7 Å². The summed E-state index contributed by atoms with van der Waals surface area (Å²) >= 11 is 0. The van der Waals surface area contributed by atoms with Gasteiger partial charge in [0.2, 0.25) is 0 Å². The Bertz CT molecular complexity index is 711. The smallest absolute Gasteiger partial charge is 0.303 e. The summed E-state index contributed by atoms with van der Waals surface area (Å²) in [5.74, 6) is 0.766. The molecule has 4 aliphatic rings. The summed E-state index contributed by atoms with van der Waals surface area (Å²) in [6, 6.07) is 0.747. The van der Waals surface area contributed by atoms with E-state index in [-0.39, 0.29) is 17.8 Å². The number of fused-ring (bicyclic) bond motifs is 1. The standard InChI is InChI=1S/C27H45N3O3/c1-19-16-25-24(7-6-21(3)27(25,32)17-26(19)33-22(4)31)20(2)18-29-10-8-23(9-11-29)30-14-12-28(5)13-15-30/h16,20-21,23-26,32H,6-15,18H2,1-5H3/t20-,21-,24+,25-,26-,27-/m1/s1. The van der Waals surface area contributed by atoms with Crippen LogP contribution in [0, 0.1) is 30.1 Å². The first-order chi connectivity index (χ1) is 15.7. The van der Waals surface area contributed by atoms with Crippen LogP contribution >= 0.6 is 0 Å². The summed E-state index contributed by atoms with van der Waals surface area (Å²) in [6.45, 7) is 16.2. The molecule has 6 atom stereocenters. The lowest BCUT2D eigenvalue weighted by Gasteiger charge is -2.53. The Hall–Kier alpha value is -0.950. The van der Waals surface area contributed by atoms with E-state index < -0.39 is 11.7 Å². The van der Waals surface area contributed by atoms with Crippen LogP contribution in [0.2, 0.25) is 0 Å². The lowest BCUT2D eigenvalue weighted by Crippen LogP contribution is -2.57. The van der Waals surface area contributed by atoms with Crippen molar-refractivity contribution in [3.8, 4) is 0 Å². The Labute approximate surface area is 201 Å². The highest BCUT2D eigenvalue weighted by Gasteiger charge is 2.53. The monoisotopic (exact) mass is 459 g/mol. The van der Waals surface area contributed by atoms with Crippen molar-refractivity contribution in [1.82, 2.24) is 14.7 Å². The molecule has 2 radical (unpaired) electrons. The Kier molecular flexibility index (Phi) is 7.89. The number of esters is 1. The van der Waals surface area contributed by atoms with Gasteiger partial charge in [0.15, 0.2) is 0 Å². The van der Waals surface area contributed by atoms with Crippen LogP contribution in [0.4, 0.5) is 0 Å². The fourth-order valence-corrected chi connectivity index (χ4v) is 6.80. The van der Waals surface area contributed by atoms with Crippen LogP contribution in [-0.4, -0.2) is 96.4 Å². The predicted octanol–water partition coefficient (Wildman–Crippen LogP) is 2.70. The lowest BCUT2D eigenvalue weighted by molar-refractivity contribution is -0.148. The molecule has 4 rings (SSSR count). The quantitative estimate of drug-likeness (QED) is 0.504. The number of carbonyl (C=O) groups excluding carboxylic acids is 1. The van der Waals surface area contributed by atoms with Crippen molar-refractivity contribution in [3.05, 3.63) is 18.1 Å². The number of ether oxygens (including phenoxy) is 1. The highest BCUT2D eigenvalue weighted by atomic mass is 16.5. The lowest BCUT2D eigenvalue weighted by atomic mass is 9.57. The van der Waals surface area contributed by atoms with Crippen LogP contribution < -0.4 is 0 Å². The molecule has 0 unspecified atom stereocenters. The Balaban J connectivity index is 1.36. The minimum Gasteiger partial charge on any atom is -0.457 e. The normalized spacial score (nSPS) is 38.4. The third-order valence-electron chi connectivity index (χ3n) is 9.04. The number of aliphatic hydroxyl groups is 1. The third-order valence-corrected chi connectivity index (χ3v) is 9.04. The number of likely N-dealkylation sites (N-methyl/N-ethyl adjacent to an activating group) is 1. The summed E-state index contributed by atoms with van der Waals surface area (Å²) in [4.78, 5) is 19.4. The van der Waals surface area contributed by atoms with Crippen LogP contribution in [0.25, 0.3) is 0 Å². The Morgan fingerprint density at radius 3 is 2.48 bits per heavy atom. The summed E-state index contributed by atoms with van der Waals surface area (Å²) in [5, 5.41) is 11.7. The van der Waals surface area contributed by atoms with Gasteiger partial charge in [-0.15, -0.1) is 0 Å². The topological polar surface area (TPSA) is 56.3 Å². The van der Waals surface area contributed by atoms with E-state index in [0.717, 1.165) is 31.0 Å². The molecular formula is C27H45N3O3. The third kappa shape index (κ3) is 5.50. The highest BCUT2D eigenvalue weighted by Crippen LogP contribution is 2.50. The fraction of sp³-hybridized carbons (Fsp3) is 0.852. The molecule has 6 heteroatoms. The van der Waals surface area contributed by atoms with Gasteiger partial charge in [0.05, 0.1) is 12.0 Å². The zero-order valence-corrected chi connectivity index (χ0v) is 21.4. The number of likely N-dealkylation sites (tertiary alicyclic amines) is 1. The minimum atomic E-state index is -1.02.